The first-order chi connectivity index (χ1) is 14.5. The van der Waals surface area contributed by atoms with Gasteiger partial charge in [0.25, 0.3) is 0 Å². The predicted molar refractivity (Wildman–Crippen MR) is 112 cm³/mol. The summed E-state index contributed by atoms with van der Waals surface area (Å²) in [4.78, 5) is 18.6. The maximum Gasteiger partial charge on any atom is 0.337 e. The van der Waals surface area contributed by atoms with Gasteiger partial charge in [0, 0.05) is 47.6 Å². The zero-order valence-corrected chi connectivity index (χ0v) is 17.9. The van der Waals surface area contributed by atoms with Gasteiger partial charge in [-0.1, -0.05) is 0 Å². The second-order valence-electron chi connectivity index (χ2n) is 8.44. The van der Waals surface area contributed by atoms with Crippen molar-refractivity contribution in [3.63, 3.8) is 0 Å². The van der Waals surface area contributed by atoms with Crippen molar-refractivity contribution in [3.05, 3.63) is 35.2 Å². The van der Waals surface area contributed by atoms with Gasteiger partial charge in [-0.05, 0) is 31.4 Å². The van der Waals surface area contributed by atoms with Crippen LogP contribution in [0.25, 0.3) is 10.9 Å². The Bertz CT molecular complexity index is 1030. The number of esters is 1. The average molecular weight is 412 g/mol. The van der Waals surface area contributed by atoms with E-state index in [0.29, 0.717) is 5.57 Å². The van der Waals surface area contributed by atoms with E-state index in [0.717, 1.165) is 42.9 Å². The third kappa shape index (κ3) is 2.79. The molecule has 0 amide bonds. The molecule has 0 spiro atoms. The third-order valence-corrected chi connectivity index (χ3v) is 7.14. The number of H-pyrrole nitrogens is 1. The van der Waals surface area contributed by atoms with Crippen LogP contribution in [0.5, 0.6) is 11.5 Å². The van der Waals surface area contributed by atoms with E-state index in [9.17, 15) is 4.79 Å². The molecule has 1 aromatic carbocycles. The maximum atomic E-state index is 12.4. The molecular formula is C23H28N2O5. The van der Waals surface area contributed by atoms with Gasteiger partial charge in [-0.3, -0.25) is 4.90 Å². The molecule has 1 saturated heterocycles. The van der Waals surface area contributed by atoms with E-state index in [4.69, 9.17) is 18.9 Å². The molecule has 0 saturated carbocycles. The van der Waals surface area contributed by atoms with Crippen LogP contribution < -0.4 is 9.47 Å². The Hall–Kier alpha value is -2.67. The highest BCUT2D eigenvalue weighted by atomic mass is 16.5. The van der Waals surface area contributed by atoms with E-state index >= 15 is 0 Å². The van der Waals surface area contributed by atoms with Gasteiger partial charge in [-0.15, -0.1) is 0 Å². The van der Waals surface area contributed by atoms with Gasteiger partial charge in [-0.2, -0.15) is 0 Å². The first-order valence-electron chi connectivity index (χ1n) is 10.5. The van der Waals surface area contributed by atoms with Crippen LogP contribution in [-0.2, 0) is 20.7 Å². The molecule has 1 N–H and O–H groups in total. The van der Waals surface area contributed by atoms with Crippen LogP contribution in [0.3, 0.4) is 0 Å². The number of carbonyl (C=O) groups is 1. The highest BCUT2D eigenvalue weighted by molar-refractivity contribution is 5.89. The highest BCUT2D eigenvalue weighted by Crippen LogP contribution is 2.48. The van der Waals surface area contributed by atoms with E-state index in [2.05, 4.69) is 22.9 Å². The summed E-state index contributed by atoms with van der Waals surface area (Å²) in [5.41, 5.74) is 4.31. The second kappa shape index (κ2) is 7.23. The SMILES string of the molecule is COC(=O)C1=CO[C@@H](C)[C@H]2CN3CCc4c([nH]c5cc(OC)c(OC)cc45)[C@@H]3C[C@H]12. The normalized spacial score (nSPS) is 27.9. The fourth-order valence-corrected chi connectivity index (χ4v) is 5.56. The Morgan fingerprint density at radius 1 is 1.20 bits per heavy atom. The van der Waals surface area contributed by atoms with E-state index in [1.165, 1.54) is 23.8 Å². The molecule has 1 aromatic heterocycles. The van der Waals surface area contributed by atoms with Crippen molar-refractivity contribution < 1.29 is 23.7 Å². The van der Waals surface area contributed by atoms with Gasteiger partial charge in [0.05, 0.1) is 45.3 Å². The van der Waals surface area contributed by atoms with Crippen molar-refractivity contribution in [2.75, 3.05) is 34.4 Å². The van der Waals surface area contributed by atoms with Crippen molar-refractivity contribution in [3.8, 4) is 11.5 Å². The average Bonchev–Trinajstić information content (AvgIpc) is 3.14. The fraction of sp³-hybridized carbons (Fsp3) is 0.522. The Kier molecular flexibility index (Phi) is 4.65. The summed E-state index contributed by atoms with van der Waals surface area (Å²) in [5, 5.41) is 1.19. The lowest BCUT2D eigenvalue weighted by atomic mass is 9.72. The Morgan fingerprint density at radius 2 is 1.97 bits per heavy atom. The number of nitrogens with one attached hydrogen (secondary N) is 1. The molecule has 3 aliphatic heterocycles. The van der Waals surface area contributed by atoms with Gasteiger partial charge in [0.1, 0.15) is 0 Å². The van der Waals surface area contributed by atoms with E-state index in [-0.39, 0.29) is 30.0 Å². The molecule has 7 nitrogen and oxygen atoms in total. The number of rotatable bonds is 3. The van der Waals surface area contributed by atoms with Gasteiger partial charge >= 0.3 is 5.97 Å². The number of aromatic nitrogens is 1. The third-order valence-electron chi connectivity index (χ3n) is 7.14. The van der Waals surface area contributed by atoms with E-state index < -0.39 is 0 Å². The monoisotopic (exact) mass is 412 g/mol. The summed E-state index contributed by atoms with van der Waals surface area (Å²) < 4.78 is 21.9. The van der Waals surface area contributed by atoms with Crippen molar-refractivity contribution in [1.82, 2.24) is 9.88 Å². The topological polar surface area (TPSA) is 73.0 Å². The maximum absolute atomic E-state index is 12.4. The lowest BCUT2D eigenvalue weighted by molar-refractivity contribution is -0.139. The van der Waals surface area contributed by atoms with Gasteiger partial charge in [0.15, 0.2) is 11.5 Å². The predicted octanol–water partition coefficient (Wildman–Crippen LogP) is 3.20. The van der Waals surface area contributed by atoms with E-state index in [1.54, 1.807) is 20.5 Å². The number of methoxy groups -OCH3 is 3. The zero-order chi connectivity index (χ0) is 21.0. The van der Waals surface area contributed by atoms with Gasteiger partial charge in [0.2, 0.25) is 0 Å². The minimum atomic E-state index is -0.285. The highest BCUT2D eigenvalue weighted by Gasteiger charge is 2.47. The second-order valence-corrected chi connectivity index (χ2v) is 8.44. The van der Waals surface area contributed by atoms with Crippen molar-refractivity contribution >= 4 is 16.9 Å². The standard InChI is InChI=1S/C23H28N2O5/c1-12-16-10-25-6-5-13-15-8-20(27-2)21(28-3)9-18(15)24-22(13)19(25)7-14(16)17(11-30-12)23(26)29-4/h8-9,11-12,14,16,19,24H,5-7,10H2,1-4H3/t12-,14-,16+,19-/m0/s1. The summed E-state index contributed by atoms with van der Waals surface area (Å²) in [7, 11) is 4.75. The molecule has 4 heterocycles. The molecule has 0 radical (unpaired) electrons. The molecule has 3 aliphatic rings. The number of aromatic amines is 1. The van der Waals surface area contributed by atoms with Crippen LogP contribution in [0, 0.1) is 11.8 Å². The number of hydrogen-bond acceptors (Lipinski definition) is 6. The molecule has 160 valence electrons. The molecule has 5 rings (SSSR count). The minimum absolute atomic E-state index is 0.0852. The van der Waals surface area contributed by atoms with Gasteiger partial charge in [-0.25, -0.2) is 4.79 Å². The number of benzene rings is 1. The zero-order valence-electron chi connectivity index (χ0n) is 17.9. The summed E-state index contributed by atoms with van der Waals surface area (Å²) in [6, 6.07) is 4.32. The summed E-state index contributed by atoms with van der Waals surface area (Å²) in [6.45, 7) is 4.00. The van der Waals surface area contributed by atoms with Crippen molar-refractivity contribution in [2.24, 2.45) is 11.8 Å². The number of carbonyl (C=O) groups excluding carboxylic acids is 1. The molecule has 30 heavy (non-hydrogen) atoms. The molecule has 4 atom stereocenters. The molecule has 2 aromatic rings. The minimum Gasteiger partial charge on any atom is -0.497 e. The Morgan fingerprint density at radius 3 is 2.70 bits per heavy atom. The number of piperidine rings is 1. The van der Waals surface area contributed by atoms with Gasteiger partial charge < -0.3 is 23.9 Å². The quantitative estimate of drug-likeness (QED) is 0.781. The van der Waals surface area contributed by atoms with Crippen LogP contribution in [-0.4, -0.2) is 56.4 Å². The smallest absolute Gasteiger partial charge is 0.337 e. The summed E-state index contributed by atoms with van der Waals surface area (Å²) in [6.07, 6.45) is 3.56. The number of fused-ring (bicyclic) bond motifs is 6. The van der Waals surface area contributed by atoms with E-state index in [1.807, 2.05) is 6.07 Å². The summed E-state index contributed by atoms with van der Waals surface area (Å²) >= 11 is 0. The van der Waals surface area contributed by atoms with Crippen LogP contribution >= 0.6 is 0 Å². The number of hydrogen-bond donors (Lipinski definition) is 1. The lowest BCUT2D eigenvalue weighted by Crippen LogP contribution is -2.51. The van der Waals surface area contributed by atoms with Crippen molar-refractivity contribution in [1.29, 1.82) is 0 Å². The Labute approximate surface area is 175 Å². The van der Waals surface area contributed by atoms with Crippen LogP contribution in [0.4, 0.5) is 0 Å². The van der Waals surface area contributed by atoms with Crippen molar-refractivity contribution in [2.45, 2.75) is 31.9 Å². The first-order valence-corrected chi connectivity index (χ1v) is 10.5. The number of ether oxygens (including phenoxy) is 4. The molecule has 1 fully saturated rings. The first kappa shape index (κ1) is 19.3. The van der Waals surface area contributed by atoms with Crippen LogP contribution in [0.2, 0.25) is 0 Å². The molecule has 0 aliphatic carbocycles. The largest absolute Gasteiger partial charge is 0.497 e. The van der Waals surface area contributed by atoms with Crippen LogP contribution in [0.15, 0.2) is 24.0 Å². The summed E-state index contributed by atoms with van der Waals surface area (Å²) in [5.74, 6) is 1.59. The number of nitrogens with zero attached hydrogens (tertiary/aromatic N) is 1. The fourth-order valence-electron chi connectivity index (χ4n) is 5.56. The molecule has 0 bridgehead atoms. The van der Waals surface area contributed by atoms with Crippen LogP contribution in [0.1, 0.15) is 30.6 Å². The Balaban J connectivity index is 1.56. The lowest BCUT2D eigenvalue weighted by Gasteiger charge is -2.49. The molecular weight excluding hydrogens is 384 g/mol. The molecule has 0 unspecified atom stereocenters. The molecule has 7 heteroatoms.